The summed E-state index contributed by atoms with van der Waals surface area (Å²) in [6.45, 7) is 0. The minimum Gasteiger partial charge on any atom is -0.506 e. The van der Waals surface area contributed by atoms with Crippen LogP contribution in [0.25, 0.3) is 16.9 Å². The molecular formula is C20H11Cl2F3N4O2. The molecule has 0 unspecified atom stereocenters. The second kappa shape index (κ2) is 7.75. The lowest BCUT2D eigenvalue weighted by Crippen LogP contribution is -2.16. The number of anilines is 1. The zero-order valence-corrected chi connectivity index (χ0v) is 16.8. The van der Waals surface area contributed by atoms with Crippen molar-refractivity contribution >= 4 is 40.4 Å². The van der Waals surface area contributed by atoms with E-state index in [4.69, 9.17) is 23.2 Å². The fourth-order valence-electron chi connectivity index (χ4n) is 2.89. The van der Waals surface area contributed by atoms with Crippen LogP contribution in [0.2, 0.25) is 10.0 Å². The molecule has 1 amide bonds. The lowest BCUT2D eigenvalue weighted by atomic mass is 10.1. The van der Waals surface area contributed by atoms with Crippen LogP contribution in [0, 0.1) is 0 Å². The zero-order valence-electron chi connectivity index (χ0n) is 15.3. The number of rotatable bonds is 3. The van der Waals surface area contributed by atoms with Gasteiger partial charge in [0.25, 0.3) is 5.91 Å². The van der Waals surface area contributed by atoms with Gasteiger partial charge in [-0.3, -0.25) is 4.79 Å². The first-order valence-electron chi connectivity index (χ1n) is 8.67. The van der Waals surface area contributed by atoms with Crippen molar-refractivity contribution in [3.8, 4) is 17.0 Å². The van der Waals surface area contributed by atoms with Crippen LogP contribution in [0.3, 0.4) is 0 Å². The highest BCUT2D eigenvalue weighted by Crippen LogP contribution is 2.35. The predicted octanol–water partition coefficient (Wildman–Crippen LogP) is 5.68. The standard InChI is InChI=1S/C20H11Cl2F3N4O2/c21-11-6-7-14(30)13(8-11)27-19(31)17-16(22)18-26-12(10-4-2-1-3-5-10)9-15(20(23,24)25)29(18)28-17/h1-9,30H,(H,27,31). The summed E-state index contributed by atoms with van der Waals surface area (Å²) in [6.07, 6.45) is -4.79. The SMILES string of the molecule is O=C(Nc1cc(Cl)ccc1O)c1nn2c(C(F)(F)F)cc(-c3ccccc3)nc2c1Cl. The Kier molecular flexibility index (Phi) is 5.24. The molecule has 2 aromatic heterocycles. The summed E-state index contributed by atoms with van der Waals surface area (Å²) in [6, 6.07) is 13.0. The van der Waals surface area contributed by atoms with Crippen LogP contribution >= 0.6 is 23.2 Å². The van der Waals surface area contributed by atoms with Crippen LogP contribution in [0.5, 0.6) is 5.75 Å². The van der Waals surface area contributed by atoms with E-state index in [1.165, 1.54) is 18.2 Å². The number of benzene rings is 2. The number of nitrogens with one attached hydrogen (secondary N) is 1. The quantitative estimate of drug-likeness (QED) is 0.380. The van der Waals surface area contributed by atoms with Gasteiger partial charge in [-0.2, -0.15) is 18.3 Å². The molecule has 31 heavy (non-hydrogen) atoms. The van der Waals surface area contributed by atoms with Crippen LogP contribution in [0.4, 0.5) is 18.9 Å². The summed E-state index contributed by atoms with van der Waals surface area (Å²) in [4.78, 5) is 16.8. The number of aromatic nitrogens is 3. The monoisotopic (exact) mass is 466 g/mol. The summed E-state index contributed by atoms with van der Waals surface area (Å²) in [5, 5.41) is 15.8. The molecule has 2 N–H and O–H groups in total. The van der Waals surface area contributed by atoms with Crippen molar-refractivity contribution < 1.29 is 23.1 Å². The van der Waals surface area contributed by atoms with Crippen molar-refractivity contribution in [1.82, 2.24) is 14.6 Å². The largest absolute Gasteiger partial charge is 0.506 e. The van der Waals surface area contributed by atoms with Gasteiger partial charge in [-0.1, -0.05) is 53.5 Å². The van der Waals surface area contributed by atoms with Gasteiger partial charge >= 0.3 is 6.18 Å². The number of hydrogen-bond acceptors (Lipinski definition) is 4. The van der Waals surface area contributed by atoms with Crippen LogP contribution in [0.1, 0.15) is 16.2 Å². The maximum Gasteiger partial charge on any atom is 0.433 e. The number of amides is 1. The van der Waals surface area contributed by atoms with Gasteiger partial charge in [-0.25, -0.2) is 9.50 Å². The molecule has 158 valence electrons. The molecule has 0 saturated carbocycles. The average molecular weight is 467 g/mol. The van der Waals surface area contributed by atoms with Crippen LogP contribution < -0.4 is 5.32 Å². The molecule has 0 atom stereocenters. The van der Waals surface area contributed by atoms with E-state index in [0.717, 1.165) is 6.07 Å². The number of aromatic hydroxyl groups is 1. The fraction of sp³-hybridized carbons (Fsp3) is 0.0500. The number of phenolic OH excluding ortho intramolecular Hbond substituents is 1. The zero-order chi connectivity index (χ0) is 22.3. The molecule has 2 heterocycles. The molecule has 0 aliphatic rings. The number of nitrogens with zero attached hydrogens (tertiary/aromatic N) is 3. The summed E-state index contributed by atoms with van der Waals surface area (Å²) < 4.78 is 41.6. The van der Waals surface area contributed by atoms with Crippen LogP contribution in [0.15, 0.2) is 54.6 Å². The topological polar surface area (TPSA) is 79.5 Å². The van der Waals surface area contributed by atoms with Gasteiger partial charge in [0, 0.05) is 10.6 Å². The maximum absolute atomic E-state index is 13.7. The average Bonchev–Trinajstić information content (AvgIpc) is 3.06. The lowest BCUT2D eigenvalue weighted by molar-refractivity contribution is -0.142. The third kappa shape index (κ3) is 4.01. The molecule has 2 aromatic carbocycles. The number of carbonyl (C=O) groups excluding carboxylic acids is 1. The first kappa shape index (κ1) is 21.0. The van der Waals surface area contributed by atoms with Gasteiger partial charge in [0.1, 0.15) is 10.8 Å². The Balaban J connectivity index is 1.85. The van der Waals surface area contributed by atoms with Gasteiger partial charge in [0.2, 0.25) is 0 Å². The van der Waals surface area contributed by atoms with E-state index < -0.39 is 23.5 Å². The van der Waals surface area contributed by atoms with E-state index in [1.807, 2.05) is 0 Å². The van der Waals surface area contributed by atoms with E-state index in [-0.39, 0.29) is 32.8 Å². The molecule has 0 fully saturated rings. The molecule has 0 saturated heterocycles. The maximum atomic E-state index is 13.7. The Morgan fingerprint density at radius 3 is 2.45 bits per heavy atom. The molecule has 0 radical (unpaired) electrons. The fourth-order valence-corrected chi connectivity index (χ4v) is 3.30. The summed E-state index contributed by atoms with van der Waals surface area (Å²) in [5.41, 5.74) is -1.59. The third-order valence-corrected chi connectivity index (χ3v) is 4.90. The summed E-state index contributed by atoms with van der Waals surface area (Å²) >= 11 is 12.1. The second-order valence-corrected chi connectivity index (χ2v) is 7.22. The van der Waals surface area contributed by atoms with Crippen molar-refractivity contribution in [3.63, 3.8) is 0 Å². The Morgan fingerprint density at radius 2 is 1.77 bits per heavy atom. The van der Waals surface area contributed by atoms with E-state index in [2.05, 4.69) is 15.4 Å². The Bertz CT molecular complexity index is 1310. The number of alkyl halides is 3. The van der Waals surface area contributed by atoms with Crippen molar-refractivity contribution in [2.45, 2.75) is 6.18 Å². The predicted molar refractivity (Wildman–Crippen MR) is 110 cm³/mol. The minimum absolute atomic E-state index is 0.0154. The normalized spacial score (nSPS) is 11.6. The van der Waals surface area contributed by atoms with E-state index in [0.29, 0.717) is 10.1 Å². The first-order valence-corrected chi connectivity index (χ1v) is 9.42. The van der Waals surface area contributed by atoms with Crippen molar-refractivity contribution in [3.05, 3.63) is 76.0 Å². The minimum atomic E-state index is -4.79. The molecule has 6 nitrogen and oxygen atoms in total. The van der Waals surface area contributed by atoms with Crippen LogP contribution in [-0.4, -0.2) is 25.6 Å². The number of hydrogen-bond donors (Lipinski definition) is 2. The number of carbonyl (C=O) groups is 1. The van der Waals surface area contributed by atoms with Crippen LogP contribution in [-0.2, 0) is 6.18 Å². The van der Waals surface area contributed by atoms with Gasteiger partial charge < -0.3 is 10.4 Å². The molecule has 0 aliphatic carbocycles. The highest BCUT2D eigenvalue weighted by molar-refractivity contribution is 6.37. The van der Waals surface area contributed by atoms with E-state index >= 15 is 0 Å². The van der Waals surface area contributed by atoms with E-state index in [1.54, 1.807) is 30.3 Å². The Hall–Kier alpha value is -3.30. The number of phenols is 1. The van der Waals surface area contributed by atoms with Crippen molar-refractivity contribution in [1.29, 1.82) is 0 Å². The highest BCUT2D eigenvalue weighted by atomic mass is 35.5. The highest BCUT2D eigenvalue weighted by Gasteiger charge is 2.36. The number of fused-ring (bicyclic) bond motifs is 1. The molecule has 4 rings (SSSR count). The molecule has 0 aliphatic heterocycles. The Labute approximate surface area is 182 Å². The molecule has 11 heteroatoms. The third-order valence-electron chi connectivity index (χ3n) is 4.31. The second-order valence-electron chi connectivity index (χ2n) is 6.40. The summed E-state index contributed by atoms with van der Waals surface area (Å²) in [5.74, 6) is -1.24. The summed E-state index contributed by atoms with van der Waals surface area (Å²) in [7, 11) is 0. The van der Waals surface area contributed by atoms with Gasteiger partial charge in [-0.05, 0) is 24.3 Å². The molecule has 0 spiro atoms. The van der Waals surface area contributed by atoms with E-state index in [9.17, 15) is 23.1 Å². The first-order chi connectivity index (χ1) is 14.6. The number of halogens is 5. The molecule has 4 aromatic rings. The van der Waals surface area contributed by atoms with Crippen molar-refractivity contribution in [2.24, 2.45) is 0 Å². The van der Waals surface area contributed by atoms with Gasteiger partial charge in [0.05, 0.1) is 11.4 Å². The lowest BCUT2D eigenvalue weighted by Gasteiger charge is -2.11. The molecule has 0 bridgehead atoms. The molecular weight excluding hydrogens is 456 g/mol. The van der Waals surface area contributed by atoms with Gasteiger partial charge in [-0.15, -0.1) is 0 Å². The smallest absolute Gasteiger partial charge is 0.433 e. The Morgan fingerprint density at radius 1 is 1.06 bits per heavy atom. The van der Waals surface area contributed by atoms with Crippen molar-refractivity contribution in [2.75, 3.05) is 5.32 Å². The van der Waals surface area contributed by atoms with Gasteiger partial charge in [0.15, 0.2) is 17.0 Å².